The average molecular weight is 372 g/mol. The standard InChI is InChI=1S/C20H24N2O3S/c1-12(2)16-11-26-18(22-16)10-21-19(23)15-9-20(15)6-7-25-17-5-4-13(24-3)8-14(17)20/h4-5,8,11-12,15H,6-7,9-10H2,1-3H3,(H,21,23)/t15-,20-/m1/s1. The van der Waals surface area contributed by atoms with Crippen molar-refractivity contribution in [3.63, 3.8) is 0 Å². The van der Waals surface area contributed by atoms with Gasteiger partial charge in [0.25, 0.3) is 0 Å². The molecule has 2 heterocycles. The molecule has 0 bridgehead atoms. The molecule has 0 radical (unpaired) electrons. The first-order valence-corrected chi connectivity index (χ1v) is 9.95. The van der Waals surface area contributed by atoms with E-state index in [0.29, 0.717) is 19.1 Å². The number of nitrogens with one attached hydrogen (secondary N) is 1. The predicted molar refractivity (Wildman–Crippen MR) is 101 cm³/mol. The molecule has 2 aromatic rings. The number of nitrogens with zero attached hydrogens (tertiary/aromatic N) is 1. The topological polar surface area (TPSA) is 60.5 Å². The Kier molecular flexibility index (Phi) is 4.39. The number of benzene rings is 1. The highest BCUT2D eigenvalue weighted by Crippen LogP contribution is 2.61. The van der Waals surface area contributed by atoms with Gasteiger partial charge in [-0.25, -0.2) is 4.98 Å². The van der Waals surface area contributed by atoms with E-state index in [9.17, 15) is 4.79 Å². The minimum Gasteiger partial charge on any atom is -0.497 e. The van der Waals surface area contributed by atoms with E-state index in [2.05, 4.69) is 29.5 Å². The number of carbonyl (C=O) groups excluding carboxylic acids is 1. The summed E-state index contributed by atoms with van der Waals surface area (Å²) in [5.74, 6) is 2.22. The Hall–Kier alpha value is -2.08. The monoisotopic (exact) mass is 372 g/mol. The number of carbonyl (C=O) groups is 1. The van der Waals surface area contributed by atoms with Gasteiger partial charge in [0.15, 0.2) is 0 Å². The average Bonchev–Trinajstić information content (AvgIpc) is 3.15. The molecule has 0 saturated heterocycles. The lowest BCUT2D eigenvalue weighted by Gasteiger charge is -2.27. The van der Waals surface area contributed by atoms with Gasteiger partial charge in [-0.05, 0) is 37.0 Å². The molecule has 1 amide bonds. The minimum atomic E-state index is -0.0990. The maximum Gasteiger partial charge on any atom is 0.224 e. The summed E-state index contributed by atoms with van der Waals surface area (Å²) in [7, 11) is 1.66. The molecular formula is C20H24N2O3S. The molecule has 1 saturated carbocycles. The number of methoxy groups -OCH3 is 1. The molecule has 5 nitrogen and oxygen atoms in total. The quantitative estimate of drug-likeness (QED) is 0.871. The summed E-state index contributed by atoms with van der Waals surface area (Å²) >= 11 is 1.61. The van der Waals surface area contributed by atoms with E-state index in [1.807, 2.05) is 18.2 Å². The van der Waals surface area contributed by atoms with Gasteiger partial charge >= 0.3 is 0 Å². The maximum atomic E-state index is 12.8. The number of thiazole rings is 1. The van der Waals surface area contributed by atoms with Crippen molar-refractivity contribution in [2.45, 2.75) is 44.6 Å². The fraction of sp³-hybridized carbons (Fsp3) is 0.500. The molecule has 0 unspecified atom stereocenters. The van der Waals surface area contributed by atoms with Crippen LogP contribution in [0.4, 0.5) is 0 Å². The van der Waals surface area contributed by atoms with Crippen LogP contribution in [-0.4, -0.2) is 24.6 Å². The molecule has 2 atom stereocenters. The SMILES string of the molecule is COc1ccc2c(c1)[C@@]1(CCO2)C[C@@H]1C(=O)NCc1nc(C(C)C)cs1. The van der Waals surface area contributed by atoms with Crippen molar-refractivity contribution in [3.8, 4) is 11.5 Å². The van der Waals surface area contributed by atoms with Gasteiger partial charge in [-0.3, -0.25) is 4.79 Å². The van der Waals surface area contributed by atoms with Gasteiger partial charge in [-0.2, -0.15) is 0 Å². The Balaban J connectivity index is 1.45. The van der Waals surface area contributed by atoms with E-state index in [1.165, 1.54) is 0 Å². The van der Waals surface area contributed by atoms with Crippen LogP contribution in [0.1, 0.15) is 48.9 Å². The summed E-state index contributed by atoms with van der Waals surface area (Å²) in [5.41, 5.74) is 2.10. The van der Waals surface area contributed by atoms with Gasteiger partial charge in [0.05, 0.1) is 26.0 Å². The molecule has 1 aromatic carbocycles. The molecule has 26 heavy (non-hydrogen) atoms. The molecule has 138 valence electrons. The summed E-state index contributed by atoms with van der Waals surface area (Å²) in [5, 5.41) is 6.12. The number of amides is 1. The van der Waals surface area contributed by atoms with Gasteiger partial charge in [0.1, 0.15) is 16.5 Å². The van der Waals surface area contributed by atoms with Gasteiger partial charge in [0, 0.05) is 22.3 Å². The van der Waals surface area contributed by atoms with Crippen molar-refractivity contribution in [1.82, 2.24) is 10.3 Å². The molecule has 1 spiro atoms. The maximum absolute atomic E-state index is 12.8. The highest BCUT2D eigenvalue weighted by molar-refractivity contribution is 7.09. The first-order valence-electron chi connectivity index (χ1n) is 9.07. The normalized spacial score (nSPS) is 23.5. The zero-order valence-electron chi connectivity index (χ0n) is 15.4. The number of aromatic nitrogens is 1. The number of hydrogen-bond donors (Lipinski definition) is 1. The van der Waals surface area contributed by atoms with Crippen LogP contribution in [-0.2, 0) is 16.8 Å². The predicted octanol–water partition coefficient (Wildman–Crippen LogP) is 3.63. The first kappa shape index (κ1) is 17.3. The van der Waals surface area contributed by atoms with Crippen LogP contribution in [0.25, 0.3) is 0 Å². The lowest BCUT2D eigenvalue weighted by atomic mass is 9.87. The van der Waals surface area contributed by atoms with Gasteiger partial charge in [0.2, 0.25) is 5.91 Å². The summed E-state index contributed by atoms with van der Waals surface area (Å²) in [4.78, 5) is 17.3. The minimum absolute atomic E-state index is 0.00166. The van der Waals surface area contributed by atoms with Crippen molar-refractivity contribution in [2.24, 2.45) is 5.92 Å². The smallest absolute Gasteiger partial charge is 0.224 e. The van der Waals surface area contributed by atoms with E-state index in [1.54, 1.807) is 18.4 Å². The van der Waals surface area contributed by atoms with E-state index >= 15 is 0 Å². The van der Waals surface area contributed by atoms with Crippen LogP contribution < -0.4 is 14.8 Å². The number of fused-ring (bicyclic) bond motifs is 2. The zero-order chi connectivity index (χ0) is 18.3. The Morgan fingerprint density at radius 1 is 1.50 bits per heavy atom. The Morgan fingerprint density at radius 2 is 2.35 bits per heavy atom. The van der Waals surface area contributed by atoms with E-state index < -0.39 is 0 Å². The van der Waals surface area contributed by atoms with E-state index in [4.69, 9.17) is 9.47 Å². The summed E-state index contributed by atoms with van der Waals surface area (Å²) < 4.78 is 11.1. The molecule has 2 aliphatic rings. The van der Waals surface area contributed by atoms with Crippen LogP contribution in [0, 0.1) is 5.92 Å². The van der Waals surface area contributed by atoms with Crippen molar-refractivity contribution >= 4 is 17.2 Å². The first-order chi connectivity index (χ1) is 12.5. The third-order valence-electron chi connectivity index (χ3n) is 5.50. The third-order valence-corrected chi connectivity index (χ3v) is 6.36. The van der Waals surface area contributed by atoms with Crippen LogP contribution in [0.3, 0.4) is 0 Å². The number of rotatable bonds is 5. The summed E-state index contributed by atoms with van der Waals surface area (Å²) in [6, 6.07) is 5.88. The Labute approximate surface area is 157 Å². The molecule has 1 fully saturated rings. The Bertz CT molecular complexity index is 832. The van der Waals surface area contributed by atoms with Crippen molar-refractivity contribution < 1.29 is 14.3 Å². The largest absolute Gasteiger partial charge is 0.497 e. The van der Waals surface area contributed by atoms with Crippen molar-refractivity contribution in [3.05, 3.63) is 39.8 Å². The number of hydrogen-bond acceptors (Lipinski definition) is 5. The van der Waals surface area contributed by atoms with Crippen LogP contribution in [0.2, 0.25) is 0 Å². The van der Waals surface area contributed by atoms with E-state index in [-0.39, 0.29) is 17.2 Å². The highest BCUT2D eigenvalue weighted by atomic mass is 32.1. The summed E-state index contributed by atoms with van der Waals surface area (Å²) in [6.07, 6.45) is 1.75. The molecule has 4 rings (SSSR count). The molecular weight excluding hydrogens is 348 g/mol. The van der Waals surface area contributed by atoms with Gasteiger partial charge in [-0.15, -0.1) is 11.3 Å². The second-order valence-electron chi connectivity index (χ2n) is 7.41. The third kappa shape index (κ3) is 2.96. The van der Waals surface area contributed by atoms with Crippen LogP contribution in [0.5, 0.6) is 11.5 Å². The fourth-order valence-corrected chi connectivity index (χ4v) is 4.70. The molecule has 1 N–H and O–H groups in total. The second-order valence-corrected chi connectivity index (χ2v) is 8.35. The summed E-state index contributed by atoms with van der Waals surface area (Å²) in [6.45, 7) is 5.42. The number of ether oxygens (including phenoxy) is 2. The van der Waals surface area contributed by atoms with Gasteiger partial charge in [-0.1, -0.05) is 13.8 Å². The molecule has 6 heteroatoms. The van der Waals surface area contributed by atoms with Crippen LogP contribution >= 0.6 is 11.3 Å². The van der Waals surface area contributed by atoms with Crippen molar-refractivity contribution in [1.29, 1.82) is 0 Å². The lowest BCUT2D eigenvalue weighted by Crippen LogP contribution is -2.30. The fourth-order valence-electron chi connectivity index (χ4n) is 3.81. The molecule has 1 aromatic heterocycles. The van der Waals surface area contributed by atoms with E-state index in [0.717, 1.165) is 40.6 Å². The zero-order valence-corrected chi connectivity index (χ0v) is 16.2. The van der Waals surface area contributed by atoms with Crippen molar-refractivity contribution in [2.75, 3.05) is 13.7 Å². The molecule has 1 aliphatic heterocycles. The van der Waals surface area contributed by atoms with Gasteiger partial charge < -0.3 is 14.8 Å². The Morgan fingerprint density at radius 3 is 3.08 bits per heavy atom. The second kappa shape index (κ2) is 6.58. The molecule has 1 aliphatic carbocycles. The van der Waals surface area contributed by atoms with Crippen LogP contribution in [0.15, 0.2) is 23.6 Å². The highest BCUT2D eigenvalue weighted by Gasteiger charge is 2.61. The lowest BCUT2D eigenvalue weighted by molar-refractivity contribution is -0.123.